The molecule has 6 rings (SSSR count). The molecule has 2 aromatic heterocycles. The lowest BCUT2D eigenvalue weighted by Gasteiger charge is -2.49. The van der Waals surface area contributed by atoms with Crippen LogP contribution in [0.15, 0.2) is 48.3 Å². The van der Waals surface area contributed by atoms with Crippen LogP contribution in [-0.4, -0.2) is 38.9 Å². The molecule has 180 valence electrons. The topological polar surface area (TPSA) is 71.2 Å². The average molecular weight is 509 g/mol. The van der Waals surface area contributed by atoms with Gasteiger partial charge in [0.05, 0.1) is 33.5 Å². The molecule has 2 saturated carbocycles. The quantitative estimate of drug-likeness (QED) is 0.412. The molecular weight excluding hydrogens is 483 g/mol. The molecule has 3 heterocycles. The number of hydrogen-bond donors (Lipinski definition) is 1. The molecule has 1 N–H and O–H groups in total. The second kappa shape index (κ2) is 8.68. The van der Waals surface area contributed by atoms with Crippen molar-refractivity contribution < 1.29 is 9.90 Å². The standard InChI is InChI=1S/C27H26Cl2N4O2/c28-21-2-1-3-22(29)25(21)20-16-31-33(19-5-6-19)23(20)12-17-13-27(14-17)8-10-32(11-9-27)24-7-4-18(15-30-24)26(34)35/h1-4,7,12,15-16,19H,5-6,8-11,13-14H2,(H,34,35). The van der Waals surface area contributed by atoms with Crippen LogP contribution in [0.4, 0.5) is 5.82 Å². The maximum absolute atomic E-state index is 11.1. The van der Waals surface area contributed by atoms with E-state index in [-0.39, 0.29) is 5.56 Å². The maximum atomic E-state index is 11.1. The van der Waals surface area contributed by atoms with E-state index in [1.54, 1.807) is 6.07 Å². The van der Waals surface area contributed by atoms with Gasteiger partial charge in [-0.25, -0.2) is 9.78 Å². The number of piperidine rings is 1. The third kappa shape index (κ3) is 4.23. The van der Waals surface area contributed by atoms with Gasteiger partial charge in [0, 0.05) is 30.4 Å². The highest BCUT2D eigenvalue weighted by molar-refractivity contribution is 6.39. The number of carboxylic acid groups (broad SMARTS) is 1. The van der Waals surface area contributed by atoms with Crippen molar-refractivity contribution in [3.8, 4) is 11.1 Å². The third-order valence-electron chi connectivity index (χ3n) is 7.65. The van der Waals surface area contributed by atoms with Gasteiger partial charge in [-0.2, -0.15) is 5.10 Å². The van der Waals surface area contributed by atoms with Crippen LogP contribution in [0.5, 0.6) is 0 Å². The summed E-state index contributed by atoms with van der Waals surface area (Å²) in [6, 6.07) is 9.54. The number of rotatable bonds is 5. The van der Waals surface area contributed by atoms with Crippen molar-refractivity contribution in [1.82, 2.24) is 14.8 Å². The largest absolute Gasteiger partial charge is 0.478 e. The molecule has 1 aromatic carbocycles. The Bertz CT molecular complexity index is 1290. The van der Waals surface area contributed by atoms with E-state index in [4.69, 9.17) is 33.4 Å². The van der Waals surface area contributed by atoms with E-state index in [0.717, 1.165) is 74.3 Å². The molecule has 6 nitrogen and oxygen atoms in total. The fourth-order valence-corrected chi connectivity index (χ4v) is 6.14. The Balaban J connectivity index is 1.18. The van der Waals surface area contributed by atoms with Crippen molar-refractivity contribution in [3.05, 3.63) is 69.6 Å². The number of pyridine rings is 1. The Kier molecular flexibility index (Phi) is 5.61. The molecule has 3 aromatic rings. The van der Waals surface area contributed by atoms with E-state index in [0.29, 0.717) is 21.5 Å². The maximum Gasteiger partial charge on any atom is 0.337 e. The van der Waals surface area contributed by atoms with Crippen molar-refractivity contribution in [3.63, 3.8) is 0 Å². The second-order valence-electron chi connectivity index (χ2n) is 10.1. The summed E-state index contributed by atoms with van der Waals surface area (Å²) in [7, 11) is 0. The summed E-state index contributed by atoms with van der Waals surface area (Å²) in [5, 5.41) is 15.1. The van der Waals surface area contributed by atoms with Gasteiger partial charge >= 0.3 is 5.97 Å². The monoisotopic (exact) mass is 508 g/mol. The van der Waals surface area contributed by atoms with Crippen LogP contribution >= 0.6 is 23.2 Å². The Hall–Kier alpha value is -2.83. The van der Waals surface area contributed by atoms with Gasteiger partial charge in [-0.05, 0) is 74.3 Å². The number of nitrogens with zero attached hydrogens (tertiary/aromatic N) is 4. The summed E-state index contributed by atoms with van der Waals surface area (Å²) in [5.41, 5.74) is 5.00. The highest BCUT2D eigenvalue weighted by Gasteiger charge is 2.43. The smallest absolute Gasteiger partial charge is 0.337 e. The lowest BCUT2D eigenvalue weighted by molar-refractivity contribution is 0.0696. The summed E-state index contributed by atoms with van der Waals surface area (Å²) < 4.78 is 2.15. The van der Waals surface area contributed by atoms with Gasteiger partial charge in [-0.1, -0.05) is 34.8 Å². The van der Waals surface area contributed by atoms with Crippen LogP contribution in [0.1, 0.15) is 60.6 Å². The van der Waals surface area contributed by atoms with Crippen molar-refractivity contribution in [1.29, 1.82) is 0 Å². The molecule has 1 spiro atoms. The molecular formula is C27H26Cl2N4O2. The Labute approximate surface area is 214 Å². The molecule has 3 fully saturated rings. The minimum absolute atomic E-state index is 0.221. The second-order valence-corrected chi connectivity index (χ2v) is 10.9. The van der Waals surface area contributed by atoms with Gasteiger partial charge in [0.25, 0.3) is 0 Å². The zero-order valence-electron chi connectivity index (χ0n) is 19.3. The predicted octanol–water partition coefficient (Wildman–Crippen LogP) is 6.75. The SMILES string of the molecule is O=C(O)c1ccc(N2CCC3(CC2)CC(=Cc2c(-c4c(Cl)cccc4Cl)cnn2C2CC2)C3)nc1. The lowest BCUT2D eigenvalue weighted by atomic mass is 9.60. The number of aromatic nitrogens is 3. The van der Waals surface area contributed by atoms with Gasteiger partial charge in [0.2, 0.25) is 0 Å². The van der Waals surface area contributed by atoms with E-state index < -0.39 is 5.97 Å². The number of halogens is 2. The van der Waals surface area contributed by atoms with Crippen molar-refractivity contribution in [2.24, 2.45) is 5.41 Å². The fourth-order valence-electron chi connectivity index (χ4n) is 5.54. The zero-order valence-corrected chi connectivity index (χ0v) is 20.8. The van der Waals surface area contributed by atoms with E-state index in [1.807, 2.05) is 30.5 Å². The fraction of sp³-hybridized carbons (Fsp3) is 0.370. The molecule has 35 heavy (non-hydrogen) atoms. The van der Waals surface area contributed by atoms with Gasteiger partial charge in [0.1, 0.15) is 5.82 Å². The van der Waals surface area contributed by atoms with E-state index in [2.05, 4.69) is 20.6 Å². The molecule has 1 aliphatic heterocycles. The van der Waals surface area contributed by atoms with Crippen LogP contribution < -0.4 is 4.90 Å². The summed E-state index contributed by atoms with van der Waals surface area (Å²) in [6.07, 6.45) is 12.4. The van der Waals surface area contributed by atoms with Gasteiger partial charge in [0.15, 0.2) is 0 Å². The first-order valence-electron chi connectivity index (χ1n) is 12.1. The molecule has 0 amide bonds. The number of hydrogen-bond acceptors (Lipinski definition) is 4. The normalized spacial score (nSPS) is 19.0. The highest BCUT2D eigenvalue weighted by atomic mass is 35.5. The van der Waals surface area contributed by atoms with E-state index >= 15 is 0 Å². The number of aromatic carboxylic acids is 1. The highest BCUT2D eigenvalue weighted by Crippen LogP contribution is 2.54. The number of benzene rings is 1. The number of carbonyl (C=O) groups is 1. The molecule has 2 aliphatic carbocycles. The summed E-state index contributed by atoms with van der Waals surface area (Å²) >= 11 is 13.1. The minimum Gasteiger partial charge on any atom is -0.478 e. The predicted molar refractivity (Wildman–Crippen MR) is 138 cm³/mol. The van der Waals surface area contributed by atoms with Gasteiger partial charge in [-0.3, -0.25) is 4.68 Å². The van der Waals surface area contributed by atoms with E-state index in [9.17, 15) is 4.79 Å². The van der Waals surface area contributed by atoms with Gasteiger partial charge in [-0.15, -0.1) is 0 Å². The molecule has 3 aliphatic rings. The van der Waals surface area contributed by atoms with Crippen molar-refractivity contribution in [2.75, 3.05) is 18.0 Å². The number of carboxylic acids is 1. The Morgan fingerprint density at radius 2 is 1.77 bits per heavy atom. The van der Waals surface area contributed by atoms with Crippen LogP contribution in [0.3, 0.4) is 0 Å². The number of allylic oxidation sites excluding steroid dienone is 1. The lowest BCUT2D eigenvalue weighted by Crippen LogP contribution is -2.44. The number of anilines is 1. The Morgan fingerprint density at radius 1 is 1.06 bits per heavy atom. The van der Waals surface area contributed by atoms with Crippen LogP contribution in [0, 0.1) is 5.41 Å². The first kappa shape index (κ1) is 22.6. The van der Waals surface area contributed by atoms with Crippen LogP contribution in [0.25, 0.3) is 17.2 Å². The molecule has 0 atom stereocenters. The minimum atomic E-state index is -0.946. The first-order valence-corrected chi connectivity index (χ1v) is 12.8. The molecule has 0 bridgehead atoms. The summed E-state index contributed by atoms with van der Waals surface area (Å²) in [4.78, 5) is 17.7. The zero-order chi connectivity index (χ0) is 24.2. The van der Waals surface area contributed by atoms with E-state index in [1.165, 1.54) is 11.8 Å². The summed E-state index contributed by atoms with van der Waals surface area (Å²) in [6.45, 7) is 1.88. The van der Waals surface area contributed by atoms with Crippen LogP contribution in [-0.2, 0) is 0 Å². The van der Waals surface area contributed by atoms with Crippen molar-refractivity contribution in [2.45, 2.75) is 44.6 Å². The molecule has 1 saturated heterocycles. The van der Waals surface area contributed by atoms with Gasteiger partial charge < -0.3 is 10.0 Å². The van der Waals surface area contributed by atoms with Crippen LogP contribution in [0.2, 0.25) is 10.0 Å². The molecule has 0 radical (unpaired) electrons. The average Bonchev–Trinajstić information content (AvgIpc) is 3.60. The Morgan fingerprint density at radius 3 is 2.37 bits per heavy atom. The van der Waals surface area contributed by atoms with Crippen molar-refractivity contribution >= 4 is 41.1 Å². The third-order valence-corrected chi connectivity index (χ3v) is 8.28. The first-order chi connectivity index (χ1) is 16.9. The summed E-state index contributed by atoms with van der Waals surface area (Å²) in [5.74, 6) is -0.0899. The molecule has 0 unspecified atom stereocenters. The molecule has 8 heteroatoms.